The number of carbonyl (C=O) groups excluding carboxylic acids is 21. The van der Waals surface area contributed by atoms with E-state index in [2.05, 4.69) is 0 Å². The molecule has 0 amide bonds. The summed E-state index contributed by atoms with van der Waals surface area (Å²) in [6, 6.07) is 0. The van der Waals surface area contributed by atoms with Crippen molar-refractivity contribution in [3.8, 4) is 0 Å². The zero-order chi connectivity index (χ0) is 104. The molecule has 21 rings (SSSR count). The minimum Gasteiger partial charge on any atom is -0.463 e. The summed E-state index contributed by atoms with van der Waals surface area (Å²) in [6.07, 6.45) is -81.4. The van der Waals surface area contributed by atoms with Crippen LogP contribution in [0.25, 0.3) is 0 Å². The van der Waals surface area contributed by atoms with Crippen LogP contribution in [0.5, 0.6) is 0 Å². The van der Waals surface area contributed by atoms with E-state index >= 15 is 0 Å². The lowest BCUT2D eigenvalue weighted by atomic mass is 9.94. The Bertz CT molecular complexity index is 3700. The van der Waals surface area contributed by atoms with Crippen LogP contribution < -0.4 is 0 Å². The second-order valence-corrected chi connectivity index (χ2v) is 32.2. The fourth-order valence-electron chi connectivity index (χ4n) is 16.0. The quantitative estimate of drug-likeness (QED) is 0.0548. The first-order valence-electron chi connectivity index (χ1n) is 43.2. The fourth-order valence-corrected chi connectivity index (χ4v) is 16.0. The Morgan fingerprint density at radius 1 is 0.129 bits per heavy atom. The van der Waals surface area contributed by atoms with Gasteiger partial charge in [0.25, 0.3) is 0 Å². The normalized spacial score (nSPS) is 34.6. The second kappa shape index (κ2) is 51.6. The maximum atomic E-state index is 14.0. The lowest BCUT2D eigenvalue weighted by molar-refractivity contribution is -0.396. The van der Waals surface area contributed by atoms with Crippen LogP contribution in [0.1, 0.15) is 145 Å². The molecule has 140 heavy (non-hydrogen) atoms. The topological polar surface area (TPSA) is 682 Å². The average molecular weight is 2020 g/mol. The van der Waals surface area contributed by atoms with Crippen LogP contribution in [0.4, 0.5) is 0 Å². The van der Waals surface area contributed by atoms with Crippen molar-refractivity contribution in [2.75, 3.05) is 46.2 Å². The maximum absolute atomic E-state index is 14.0. The lowest BCUT2D eigenvalue weighted by Gasteiger charge is -2.52. The van der Waals surface area contributed by atoms with Gasteiger partial charge in [0, 0.05) is 145 Å². The van der Waals surface area contributed by atoms with Crippen molar-refractivity contribution >= 4 is 125 Å². The molecule has 0 spiro atoms. The Morgan fingerprint density at radius 3 is 0.293 bits per heavy atom. The summed E-state index contributed by atoms with van der Waals surface area (Å²) in [5.41, 5.74) is 0. The van der Waals surface area contributed by atoms with Gasteiger partial charge in [-0.2, -0.15) is 0 Å². The summed E-state index contributed by atoms with van der Waals surface area (Å²) >= 11 is 0. The van der Waals surface area contributed by atoms with Crippen LogP contribution in [0, 0.1) is 0 Å². The summed E-state index contributed by atoms with van der Waals surface area (Å²) in [5.74, 6) is -26.2. The molecule has 14 bridgehead atoms. The highest BCUT2D eigenvalue weighted by Gasteiger charge is 2.66. The molecule has 0 aliphatic carbocycles. The van der Waals surface area contributed by atoms with Crippen LogP contribution in [0.3, 0.4) is 0 Å². The molecule has 35 atom stereocenters. The summed E-state index contributed by atoms with van der Waals surface area (Å²) in [6.45, 7) is 9.45. The molecule has 784 valence electrons. The van der Waals surface area contributed by atoms with E-state index in [1.165, 1.54) is 0 Å². The van der Waals surface area contributed by atoms with Gasteiger partial charge in [-0.15, -0.1) is 0 Å². The first kappa shape index (κ1) is 114. The van der Waals surface area contributed by atoms with Crippen molar-refractivity contribution in [3.63, 3.8) is 0 Å². The zero-order valence-electron chi connectivity index (χ0n) is 79.5. The molecule has 21 saturated heterocycles. The molecular formula is C84H112O56. The van der Waals surface area contributed by atoms with Gasteiger partial charge in [-0.1, -0.05) is 0 Å². The van der Waals surface area contributed by atoms with Gasteiger partial charge >= 0.3 is 125 Å². The Kier molecular flexibility index (Phi) is 41.9. The third-order valence-electron chi connectivity index (χ3n) is 20.6. The van der Waals surface area contributed by atoms with E-state index in [0.29, 0.717) is 0 Å². The number of hydrogen-bond acceptors (Lipinski definition) is 56. The summed E-state index contributed by atoms with van der Waals surface area (Å²) < 4.78 is 215. The molecule has 21 aliphatic rings. The minimum atomic E-state index is -2.47. The maximum Gasteiger partial charge on any atom is 0.303 e. The predicted molar refractivity (Wildman–Crippen MR) is 429 cm³/mol. The predicted octanol–water partition coefficient (Wildman–Crippen LogP) is -3.24. The van der Waals surface area contributed by atoms with Gasteiger partial charge in [0.15, 0.2) is 129 Å². The van der Waals surface area contributed by atoms with Gasteiger partial charge in [0.2, 0.25) is 0 Å². The molecule has 21 aliphatic heterocycles. The smallest absolute Gasteiger partial charge is 0.303 e. The highest BCUT2D eigenvalue weighted by molar-refractivity contribution is 5.74. The summed E-state index contributed by atoms with van der Waals surface area (Å²) in [4.78, 5) is 287. The lowest BCUT2D eigenvalue weighted by Crippen LogP contribution is -2.70. The Hall–Kier alpha value is -11.7. The van der Waals surface area contributed by atoms with Crippen molar-refractivity contribution in [3.05, 3.63) is 0 Å². The van der Waals surface area contributed by atoms with Crippen molar-refractivity contribution in [2.45, 2.75) is 360 Å². The monoisotopic (exact) mass is 2020 g/mol. The van der Waals surface area contributed by atoms with Crippen LogP contribution in [0.15, 0.2) is 0 Å². The van der Waals surface area contributed by atoms with E-state index in [1.807, 2.05) is 0 Å². The summed E-state index contributed by atoms with van der Waals surface area (Å²) in [5, 5.41) is 0. The van der Waals surface area contributed by atoms with E-state index < -0.39 is 387 Å². The first-order valence-corrected chi connectivity index (χ1v) is 43.2. The fraction of sp³-hybridized carbons (Fsp3) is 0.750. The van der Waals surface area contributed by atoms with E-state index in [9.17, 15) is 101 Å². The third-order valence-corrected chi connectivity index (χ3v) is 20.6. The van der Waals surface area contributed by atoms with Crippen LogP contribution >= 0.6 is 0 Å². The Morgan fingerprint density at radius 2 is 0.214 bits per heavy atom. The zero-order valence-corrected chi connectivity index (χ0v) is 79.5. The number of ether oxygens (including phenoxy) is 35. The van der Waals surface area contributed by atoms with Crippen LogP contribution in [-0.2, 0) is 266 Å². The number of rotatable bonds is 28. The molecule has 0 radical (unpaired) electrons. The first-order chi connectivity index (χ1) is 65.7. The van der Waals surface area contributed by atoms with E-state index in [4.69, 9.17) is 166 Å². The van der Waals surface area contributed by atoms with Gasteiger partial charge in [-0.05, 0) is 0 Å². The molecule has 21 heterocycles. The van der Waals surface area contributed by atoms with Gasteiger partial charge in [-0.3, -0.25) is 101 Å². The largest absolute Gasteiger partial charge is 0.463 e. The van der Waals surface area contributed by atoms with Gasteiger partial charge < -0.3 is 166 Å². The SMILES string of the molecule is CC(=O)OCC1O[C@@H]2O[C@H]3[C@H](OC(C)=O)[C@@H](OC(C)=O)[C@@H](O[C@H]4[C@H](OC(C)=O)[C@@H](OC(C)=O)[C@@H](O[C@H]5[C@H](OC(C)=O)[C@@H](OC(C)=O)[C@@H](O[C@@H]6[C@@H](OC(C)=O)[C@H](OC(C)=O)[C@H](O[C@H]7[C@H](OC(C)=O)[C@@H](OC(C)=O)[C@@H](O[C@H]8[C@H](OC(C)=O)[C@@H](OC(C)=O)[C@@H](O[C@H]1[C@H](OC(C)=O)[C@H]2OC(C)=O)O[C@@H]8COC(C)=O)O[C@@H]7COC(C)=O)O[C@@H]6COC(C)=O)O[C@@H]5COC(C)=O)O[C@@H]4COC(C)=O)O[C@@H]3COC(C)=O. The molecule has 0 saturated carbocycles. The highest BCUT2D eigenvalue weighted by atomic mass is 16.8. The van der Waals surface area contributed by atoms with Crippen LogP contribution in [-0.4, -0.2) is 387 Å². The van der Waals surface area contributed by atoms with Crippen molar-refractivity contribution in [1.82, 2.24) is 0 Å². The highest BCUT2D eigenvalue weighted by Crippen LogP contribution is 2.45. The number of carbonyl (C=O) groups is 21. The van der Waals surface area contributed by atoms with Gasteiger partial charge in [0.05, 0.1) is 0 Å². The standard InChI is InChI=1S/C84H112O56/c1-29(85)106-22-50-57-64(113-36(8)92)71(120-43(15)99)78(127-50)135-58-51(23-107-30(2)86)129-80(73(122-45(17)101)65(58)114-37(9)93)137-60-53(25-109-32(4)88)131-82(75(124-47(19)103)67(60)116-39(11)95)139-62-55(27-111-34(6)90)133-84(77(126-49(21)105)69(62)118-41(13)97)140-63-56(28-112-35(7)91)132-83(76(125-48(20)104)70(63)119-42(14)98)138-61-54(26-110-33(5)89)130-81(74(123-46(18)102)68(61)117-40(12)96)136-59-52(24-108-31(3)87)128-79(134-57)72(121-44(16)100)66(59)115-38(10)94/h50-84H,22-28H2,1-21H3/t50-,51-,52-,53-,54-,55-,56?,57-,58+,59-,60-,61-,62-,63-,64+,65-,66+,67+,68+,69+,70+,71-,72-,73+,74-,75-,76-,77-,78-,79-,80+,81-,82-,83-,84-/m1/s1. The Balaban J connectivity index is 1.52. The van der Waals surface area contributed by atoms with Crippen LogP contribution in [0.2, 0.25) is 0 Å². The van der Waals surface area contributed by atoms with Crippen molar-refractivity contribution in [1.29, 1.82) is 0 Å². The van der Waals surface area contributed by atoms with Crippen molar-refractivity contribution < 1.29 is 266 Å². The molecule has 0 aromatic rings. The van der Waals surface area contributed by atoms with E-state index in [0.717, 1.165) is 145 Å². The average Bonchev–Trinajstić information content (AvgIpc) is 0.769. The molecule has 0 aromatic carbocycles. The molecule has 56 nitrogen and oxygen atoms in total. The van der Waals surface area contributed by atoms with E-state index in [1.54, 1.807) is 0 Å². The Labute approximate surface area is 795 Å². The van der Waals surface area contributed by atoms with E-state index in [-0.39, 0.29) is 0 Å². The molecule has 0 aromatic heterocycles. The van der Waals surface area contributed by atoms with Gasteiger partial charge in [-0.25, -0.2) is 0 Å². The molecular weight excluding hydrogens is 1900 g/mol. The molecule has 56 heteroatoms. The third kappa shape index (κ3) is 32.4. The number of hydrogen-bond donors (Lipinski definition) is 0. The number of esters is 21. The van der Waals surface area contributed by atoms with Crippen molar-refractivity contribution in [2.24, 2.45) is 0 Å². The molecule has 21 fully saturated rings. The summed E-state index contributed by atoms with van der Waals surface area (Å²) in [7, 11) is 0. The second-order valence-electron chi connectivity index (χ2n) is 32.2. The van der Waals surface area contributed by atoms with Gasteiger partial charge in [0.1, 0.15) is 132 Å². The molecule has 0 N–H and O–H groups in total. The minimum absolute atomic E-state index is 0.791. The molecule has 1 unspecified atom stereocenters.